The number of hydrogen-bond acceptors (Lipinski definition) is 3. The second-order valence-corrected chi connectivity index (χ2v) is 4.63. The first-order valence-corrected chi connectivity index (χ1v) is 6.14. The lowest BCUT2D eigenvalue weighted by molar-refractivity contribution is 0.167. The first kappa shape index (κ1) is 14.0. The minimum atomic E-state index is 0.327. The molecule has 3 nitrogen and oxygen atoms in total. The maximum atomic E-state index is 9.19. The summed E-state index contributed by atoms with van der Waals surface area (Å²) in [4.78, 5) is 0. The van der Waals surface area contributed by atoms with Gasteiger partial charge in [0.25, 0.3) is 0 Å². The van der Waals surface area contributed by atoms with Crippen LogP contribution in [0.3, 0.4) is 0 Å². The molecule has 2 N–H and O–H groups in total. The largest absolute Gasteiger partial charge is 0.508 e. The van der Waals surface area contributed by atoms with Crippen molar-refractivity contribution in [1.29, 1.82) is 0 Å². The number of rotatable bonds is 7. The van der Waals surface area contributed by atoms with Gasteiger partial charge in [-0.3, -0.25) is 0 Å². The molecule has 2 atom stereocenters. The van der Waals surface area contributed by atoms with Gasteiger partial charge in [0.15, 0.2) is 0 Å². The van der Waals surface area contributed by atoms with Gasteiger partial charge in [-0.2, -0.15) is 0 Å². The van der Waals surface area contributed by atoms with Crippen molar-refractivity contribution in [1.82, 2.24) is 5.32 Å². The zero-order valence-corrected chi connectivity index (χ0v) is 10.9. The van der Waals surface area contributed by atoms with Crippen LogP contribution in [0, 0.1) is 0 Å². The Balaban J connectivity index is 2.27. The number of methoxy groups -OCH3 is 1. The van der Waals surface area contributed by atoms with E-state index in [2.05, 4.69) is 19.2 Å². The van der Waals surface area contributed by atoms with Crippen molar-refractivity contribution in [2.24, 2.45) is 0 Å². The fourth-order valence-electron chi connectivity index (χ4n) is 1.91. The van der Waals surface area contributed by atoms with Crippen LogP contribution >= 0.6 is 0 Å². The van der Waals surface area contributed by atoms with E-state index >= 15 is 0 Å². The Kier molecular flexibility index (Phi) is 6.01. The molecule has 0 aliphatic carbocycles. The SMILES string of the molecule is COC[C@@H](C)N[C@H](C)CCc1ccc(O)cc1. The number of aryl methyl sites for hydroxylation is 1. The van der Waals surface area contributed by atoms with E-state index in [1.165, 1.54) is 5.56 Å². The third-order valence-corrected chi connectivity index (χ3v) is 2.79. The number of nitrogens with one attached hydrogen (secondary N) is 1. The van der Waals surface area contributed by atoms with Crippen LogP contribution in [0.5, 0.6) is 5.75 Å². The molecular formula is C14H23NO2. The minimum absolute atomic E-state index is 0.327. The molecule has 3 heteroatoms. The molecule has 0 aliphatic rings. The predicted octanol–water partition coefficient (Wildman–Crippen LogP) is 2.34. The minimum Gasteiger partial charge on any atom is -0.508 e. The van der Waals surface area contributed by atoms with Crippen molar-refractivity contribution < 1.29 is 9.84 Å². The zero-order chi connectivity index (χ0) is 12.7. The van der Waals surface area contributed by atoms with E-state index < -0.39 is 0 Å². The lowest BCUT2D eigenvalue weighted by atomic mass is 10.1. The van der Waals surface area contributed by atoms with E-state index in [1.54, 1.807) is 19.2 Å². The van der Waals surface area contributed by atoms with Crippen LogP contribution in [0.2, 0.25) is 0 Å². The van der Waals surface area contributed by atoms with Gasteiger partial charge in [-0.25, -0.2) is 0 Å². The van der Waals surface area contributed by atoms with Crippen molar-refractivity contribution in [2.75, 3.05) is 13.7 Å². The number of aromatic hydroxyl groups is 1. The number of ether oxygens (including phenoxy) is 1. The molecule has 0 bridgehead atoms. The Labute approximate surface area is 104 Å². The van der Waals surface area contributed by atoms with Gasteiger partial charge in [0, 0.05) is 19.2 Å². The quantitative estimate of drug-likeness (QED) is 0.765. The molecule has 0 amide bonds. The van der Waals surface area contributed by atoms with Crippen molar-refractivity contribution in [3.8, 4) is 5.75 Å². The van der Waals surface area contributed by atoms with Crippen LogP contribution in [0.1, 0.15) is 25.8 Å². The van der Waals surface area contributed by atoms with Crippen molar-refractivity contribution in [2.45, 2.75) is 38.8 Å². The third kappa shape index (κ3) is 5.71. The van der Waals surface area contributed by atoms with E-state index in [0.29, 0.717) is 17.8 Å². The Bertz CT molecular complexity index is 311. The normalized spacial score (nSPS) is 14.5. The fourth-order valence-corrected chi connectivity index (χ4v) is 1.91. The van der Waals surface area contributed by atoms with Gasteiger partial charge in [-0.1, -0.05) is 12.1 Å². The smallest absolute Gasteiger partial charge is 0.115 e. The van der Waals surface area contributed by atoms with Gasteiger partial charge < -0.3 is 15.2 Å². The van der Waals surface area contributed by atoms with Gasteiger partial charge in [-0.05, 0) is 44.4 Å². The van der Waals surface area contributed by atoms with Gasteiger partial charge in [0.05, 0.1) is 6.61 Å². The average molecular weight is 237 g/mol. The van der Waals surface area contributed by atoms with Crippen LogP contribution < -0.4 is 5.32 Å². The summed E-state index contributed by atoms with van der Waals surface area (Å²) in [6, 6.07) is 8.27. The van der Waals surface area contributed by atoms with E-state index in [1.807, 2.05) is 12.1 Å². The molecule has 96 valence electrons. The Morgan fingerprint density at radius 1 is 1.18 bits per heavy atom. The lowest BCUT2D eigenvalue weighted by Gasteiger charge is -2.19. The molecule has 0 spiro atoms. The standard InChI is InChI=1S/C14H23NO2/c1-11(15-12(2)10-17-3)4-5-13-6-8-14(16)9-7-13/h6-9,11-12,15-16H,4-5,10H2,1-3H3/t11-,12-/m1/s1. The number of phenolic OH excluding ortho intramolecular Hbond substituents is 1. The molecule has 0 fully saturated rings. The predicted molar refractivity (Wildman–Crippen MR) is 70.4 cm³/mol. The van der Waals surface area contributed by atoms with Crippen molar-refractivity contribution >= 4 is 0 Å². The molecule has 0 aromatic heterocycles. The maximum Gasteiger partial charge on any atom is 0.115 e. The summed E-state index contributed by atoms with van der Waals surface area (Å²) in [6.07, 6.45) is 2.10. The summed E-state index contributed by atoms with van der Waals surface area (Å²) in [5.41, 5.74) is 1.26. The molecule has 1 rings (SSSR count). The van der Waals surface area contributed by atoms with E-state index in [-0.39, 0.29) is 0 Å². The second kappa shape index (κ2) is 7.30. The maximum absolute atomic E-state index is 9.19. The summed E-state index contributed by atoms with van der Waals surface area (Å²) >= 11 is 0. The van der Waals surface area contributed by atoms with Crippen LogP contribution in [0.4, 0.5) is 0 Å². The first-order valence-electron chi connectivity index (χ1n) is 6.14. The van der Waals surface area contributed by atoms with Gasteiger partial charge in [-0.15, -0.1) is 0 Å². The fraction of sp³-hybridized carbons (Fsp3) is 0.571. The van der Waals surface area contributed by atoms with Crippen LogP contribution in [-0.2, 0) is 11.2 Å². The van der Waals surface area contributed by atoms with Gasteiger partial charge in [0.2, 0.25) is 0 Å². The topological polar surface area (TPSA) is 41.5 Å². The summed E-state index contributed by atoms with van der Waals surface area (Å²) in [5.74, 6) is 0.327. The molecule has 17 heavy (non-hydrogen) atoms. The van der Waals surface area contributed by atoms with Crippen LogP contribution in [-0.4, -0.2) is 30.9 Å². The average Bonchev–Trinajstić information content (AvgIpc) is 2.28. The monoisotopic (exact) mass is 237 g/mol. The molecule has 0 unspecified atom stereocenters. The number of hydrogen-bond donors (Lipinski definition) is 2. The highest BCUT2D eigenvalue weighted by Gasteiger charge is 2.07. The Hall–Kier alpha value is -1.06. The highest BCUT2D eigenvalue weighted by atomic mass is 16.5. The molecule has 0 saturated heterocycles. The van der Waals surface area contributed by atoms with E-state index in [0.717, 1.165) is 19.4 Å². The highest BCUT2D eigenvalue weighted by Crippen LogP contribution is 2.12. The molecule has 0 aliphatic heterocycles. The van der Waals surface area contributed by atoms with Crippen molar-refractivity contribution in [3.05, 3.63) is 29.8 Å². The van der Waals surface area contributed by atoms with E-state index in [9.17, 15) is 5.11 Å². The lowest BCUT2D eigenvalue weighted by Crippen LogP contribution is -2.37. The summed E-state index contributed by atoms with van der Waals surface area (Å²) in [6.45, 7) is 5.05. The molecule has 1 aromatic rings. The van der Waals surface area contributed by atoms with Crippen LogP contribution in [0.25, 0.3) is 0 Å². The zero-order valence-electron chi connectivity index (χ0n) is 10.9. The van der Waals surface area contributed by atoms with E-state index in [4.69, 9.17) is 4.74 Å². The Morgan fingerprint density at radius 2 is 1.82 bits per heavy atom. The summed E-state index contributed by atoms with van der Waals surface area (Å²) in [7, 11) is 1.72. The van der Waals surface area contributed by atoms with Gasteiger partial charge in [0.1, 0.15) is 5.75 Å². The molecule has 0 radical (unpaired) electrons. The number of phenols is 1. The van der Waals surface area contributed by atoms with Crippen molar-refractivity contribution in [3.63, 3.8) is 0 Å². The first-order chi connectivity index (χ1) is 8.11. The Morgan fingerprint density at radius 3 is 2.41 bits per heavy atom. The third-order valence-electron chi connectivity index (χ3n) is 2.79. The second-order valence-electron chi connectivity index (χ2n) is 4.63. The molecule has 1 aromatic carbocycles. The number of benzene rings is 1. The summed E-state index contributed by atoms with van der Waals surface area (Å²) < 4.78 is 5.09. The molecular weight excluding hydrogens is 214 g/mol. The van der Waals surface area contributed by atoms with Crippen LogP contribution in [0.15, 0.2) is 24.3 Å². The highest BCUT2D eigenvalue weighted by molar-refractivity contribution is 5.25. The molecule has 0 heterocycles. The molecule has 0 saturated carbocycles. The van der Waals surface area contributed by atoms with Gasteiger partial charge >= 0.3 is 0 Å². The summed E-state index contributed by atoms with van der Waals surface area (Å²) in [5, 5.41) is 12.7.